The Morgan fingerprint density at radius 2 is 2.04 bits per heavy atom. The van der Waals surface area contributed by atoms with Crippen molar-refractivity contribution < 1.29 is 15.0 Å². The maximum Gasteiger partial charge on any atom is 0.253 e. The SMILES string of the molecule is CN(Cc1ccc(-c2nc3cccc4c3n2CCNC4=O)cc1)CC(O)CO. The Kier molecular flexibility index (Phi) is 5.13. The molecular formula is C21H24N4O3. The standard InChI is InChI=1S/C21H24N4O3/c1-24(12-16(27)13-26)11-14-5-7-15(8-6-14)20-23-18-4-2-3-17-19(18)25(20)10-9-22-21(17)28/h2-8,16,26-27H,9-13H2,1H3,(H,22,28). The first-order valence-corrected chi connectivity index (χ1v) is 9.41. The zero-order valence-corrected chi connectivity index (χ0v) is 15.8. The van der Waals surface area contributed by atoms with Gasteiger partial charge in [-0.2, -0.15) is 0 Å². The molecule has 2 aromatic carbocycles. The number of aliphatic hydroxyl groups is 2. The largest absolute Gasteiger partial charge is 0.394 e. The van der Waals surface area contributed by atoms with Gasteiger partial charge in [0, 0.05) is 31.7 Å². The van der Waals surface area contributed by atoms with Gasteiger partial charge in [-0.05, 0) is 24.7 Å². The number of amides is 1. The van der Waals surface area contributed by atoms with Crippen LogP contribution in [0, 0.1) is 0 Å². The number of benzene rings is 2. The molecule has 7 heteroatoms. The number of aliphatic hydroxyl groups excluding tert-OH is 2. The first-order chi connectivity index (χ1) is 13.6. The van der Waals surface area contributed by atoms with Gasteiger partial charge in [-0.1, -0.05) is 30.3 Å². The Morgan fingerprint density at radius 3 is 2.79 bits per heavy atom. The van der Waals surface area contributed by atoms with Crippen molar-refractivity contribution in [1.29, 1.82) is 0 Å². The van der Waals surface area contributed by atoms with Crippen molar-refractivity contribution in [2.24, 2.45) is 0 Å². The van der Waals surface area contributed by atoms with Crippen molar-refractivity contribution in [2.75, 3.05) is 26.7 Å². The monoisotopic (exact) mass is 380 g/mol. The summed E-state index contributed by atoms with van der Waals surface area (Å²) in [6, 6.07) is 13.8. The van der Waals surface area contributed by atoms with Gasteiger partial charge >= 0.3 is 0 Å². The summed E-state index contributed by atoms with van der Waals surface area (Å²) < 4.78 is 2.11. The van der Waals surface area contributed by atoms with E-state index in [4.69, 9.17) is 10.1 Å². The molecule has 0 saturated carbocycles. The van der Waals surface area contributed by atoms with Crippen molar-refractivity contribution in [3.8, 4) is 11.4 Å². The number of aromatic nitrogens is 2. The highest BCUT2D eigenvalue weighted by Crippen LogP contribution is 2.28. The number of hydrogen-bond donors (Lipinski definition) is 3. The Bertz CT molecular complexity index is 997. The summed E-state index contributed by atoms with van der Waals surface area (Å²) in [7, 11) is 1.91. The molecule has 3 N–H and O–H groups in total. The number of imidazole rings is 1. The quantitative estimate of drug-likeness (QED) is 0.598. The van der Waals surface area contributed by atoms with Gasteiger partial charge in [-0.15, -0.1) is 0 Å². The highest BCUT2D eigenvalue weighted by molar-refractivity contribution is 6.06. The van der Waals surface area contributed by atoms with Crippen LogP contribution in [-0.2, 0) is 13.1 Å². The molecule has 1 aliphatic heterocycles. The summed E-state index contributed by atoms with van der Waals surface area (Å²) in [5.74, 6) is 0.800. The van der Waals surface area contributed by atoms with Gasteiger partial charge in [0.25, 0.3) is 5.91 Å². The van der Waals surface area contributed by atoms with Crippen molar-refractivity contribution >= 4 is 16.9 Å². The number of para-hydroxylation sites is 1. The lowest BCUT2D eigenvalue weighted by Gasteiger charge is -2.19. The van der Waals surface area contributed by atoms with E-state index in [1.807, 2.05) is 54.4 Å². The molecular weight excluding hydrogens is 356 g/mol. The summed E-state index contributed by atoms with van der Waals surface area (Å²) >= 11 is 0. The van der Waals surface area contributed by atoms with Crippen LogP contribution in [0.4, 0.5) is 0 Å². The minimum atomic E-state index is -0.732. The zero-order valence-electron chi connectivity index (χ0n) is 15.8. The van der Waals surface area contributed by atoms with E-state index in [1.54, 1.807) is 0 Å². The lowest BCUT2D eigenvalue weighted by Crippen LogP contribution is -2.30. The fraction of sp³-hybridized carbons (Fsp3) is 0.333. The maximum absolute atomic E-state index is 12.3. The molecule has 4 rings (SSSR count). The Hall–Kier alpha value is -2.74. The third kappa shape index (κ3) is 3.52. The van der Waals surface area contributed by atoms with Crippen LogP contribution in [0.2, 0.25) is 0 Å². The molecule has 1 aliphatic rings. The second kappa shape index (κ2) is 7.71. The predicted octanol–water partition coefficient (Wildman–Crippen LogP) is 1.23. The summed E-state index contributed by atoms with van der Waals surface area (Å²) in [5, 5.41) is 21.5. The Labute approximate surface area is 163 Å². The van der Waals surface area contributed by atoms with E-state index < -0.39 is 6.10 Å². The van der Waals surface area contributed by atoms with Crippen LogP contribution in [0.3, 0.4) is 0 Å². The maximum atomic E-state index is 12.3. The van der Waals surface area contributed by atoms with E-state index in [1.165, 1.54) is 0 Å². The van der Waals surface area contributed by atoms with Gasteiger partial charge in [-0.25, -0.2) is 4.98 Å². The molecule has 0 radical (unpaired) electrons. The number of nitrogens with zero attached hydrogens (tertiary/aromatic N) is 3. The molecule has 3 aromatic rings. The molecule has 146 valence electrons. The molecule has 1 atom stereocenters. The van der Waals surface area contributed by atoms with Gasteiger partial charge in [0.05, 0.1) is 29.3 Å². The Morgan fingerprint density at radius 1 is 1.25 bits per heavy atom. The van der Waals surface area contributed by atoms with Crippen LogP contribution >= 0.6 is 0 Å². The van der Waals surface area contributed by atoms with E-state index in [9.17, 15) is 9.90 Å². The molecule has 0 fully saturated rings. The lowest BCUT2D eigenvalue weighted by molar-refractivity contribution is 0.0648. The van der Waals surface area contributed by atoms with Gasteiger partial charge < -0.3 is 20.1 Å². The van der Waals surface area contributed by atoms with Crippen molar-refractivity contribution in [3.63, 3.8) is 0 Å². The normalized spacial score (nSPS) is 14.9. The topological polar surface area (TPSA) is 90.6 Å². The molecule has 7 nitrogen and oxygen atoms in total. The van der Waals surface area contributed by atoms with Crippen molar-refractivity contribution in [2.45, 2.75) is 19.2 Å². The number of hydrogen-bond acceptors (Lipinski definition) is 5. The second-order valence-electron chi connectivity index (χ2n) is 7.25. The van der Waals surface area contributed by atoms with Gasteiger partial charge in [0.2, 0.25) is 0 Å². The van der Waals surface area contributed by atoms with Crippen LogP contribution in [0.25, 0.3) is 22.4 Å². The van der Waals surface area contributed by atoms with E-state index in [0.717, 1.165) is 28.0 Å². The summed E-state index contributed by atoms with van der Waals surface area (Å²) in [5.41, 5.74) is 4.48. The van der Waals surface area contributed by atoms with Crippen molar-refractivity contribution in [1.82, 2.24) is 19.8 Å². The van der Waals surface area contributed by atoms with E-state index in [-0.39, 0.29) is 12.5 Å². The Balaban J connectivity index is 1.63. The van der Waals surface area contributed by atoms with Gasteiger partial charge in [0.15, 0.2) is 0 Å². The average Bonchev–Trinajstić information content (AvgIpc) is 2.97. The second-order valence-corrected chi connectivity index (χ2v) is 7.25. The molecule has 2 heterocycles. The fourth-order valence-corrected chi connectivity index (χ4v) is 3.74. The summed E-state index contributed by atoms with van der Waals surface area (Å²) in [6.07, 6.45) is -0.732. The summed E-state index contributed by atoms with van der Waals surface area (Å²) in [6.45, 7) is 2.10. The van der Waals surface area contributed by atoms with Crippen LogP contribution < -0.4 is 5.32 Å². The fourth-order valence-electron chi connectivity index (χ4n) is 3.74. The van der Waals surface area contributed by atoms with E-state index in [0.29, 0.717) is 31.7 Å². The predicted molar refractivity (Wildman–Crippen MR) is 107 cm³/mol. The number of carbonyl (C=O) groups is 1. The molecule has 1 aromatic heterocycles. The van der Waals surface area contributed by atoms with Crippen molar-refractivity contribution in [3.05, 3.63) is 53.6 Å². The minimum absolute atomic E-state index is 0.0562. The average molecular weight is 380 g/mol. The van der Waals surface area contributed by atoms with Crippen LogP contribution in [0.5, 0.6) is 0 Å². The molecule has 28 heavy (non-hydrogen) atoms. The van der Waals surface area contributed by atoms with Gasteiger partial charge in [0.1, 0.15) is 5.82 Å². The number of rotatable bonds is 6. The minimum Gasteiger partial charge on any atom is -0.394 e. The number of carbonyl (C=O) groups excluding carboxylic acids is 1. The molecule has 0 saturated heterocycles. The molecule has 0 aliphatic carbocycles. The molecule has 0 spiro atoms. The van der Waals surface area contributed by atoms with Crippen LogP contribution in [0.15, 0.2) is 42.5 Å². The van der Waals surface area contributed by atoms with E-state index in [2.05, 4.69) is 9.88 Å². The first kappa shape index (κ1) is 18.6. The molecule has 1 amide bonds. The third-order valence-corrected chi connectivity index (χ3v) is 5.03. The summed E-state index contributed by atoms with van der Waals surface area (Å²) in [4.78, 5) is 19.0. The van der Waals surface area contributed by atoms with Gasteiger partial charge in [-0.3, -0.25) is 9.69 Å². The highest BCUT2D eigenvalue weighted by atomic mass is 16.3. The number of likely N-dealkylation sites (N-methyl/N-ethyl adjacent to an activating group) is 1. The third-order valence-electron chi connectivity index (χ3n) is 5.03. The van der Waals surface area contributed by atoms with E-state index >= 15 is 0 Å². The van der Waals surface area contributed by atoms with Crippen LogP contribution in [0.1, 0.15) is 15.9 Å². The molecule has 0 bridgehead atoms. The smallest absolute Gasteiger partial charge is 0.253 e. The lowest BCUT2D eigenvalue weighted by atomic mass is 10.1. The first-order valence-electron chi connectivity index (χ1n) is 9.41. The highest BCUT2D eigenvalue weighted by Gasteiger charge is 2.21. The number of nitrogens with one attached hydrogen (secondary N) is 1. The molecule has 1 unspecified atom stereocenters. The zero-order chi connectivity index (χ0) is 19.7. The van der Waals surface area contributed by atoms with Crippen LogP contribution in [-0.4, -0.2) is 63.4 Å².